The highest BCUT2D eigenvalue weighted by molar-refractivity contribution is 5.43. The van der Waals surface area contributed by atoms with E-state index in [0.29, 0.717) is 13.1 Å². The molecule has 1 aromatic rings. The van der Waals surface area contributed by atoms with Crippen LogP contribution in [-0.2, 0) is 0 Å². The second kappa shape index (κ2) is 13.7. The van der Waals surface area contributed by atoms with Crippen LogP contribution < -0.4 is 20.9 Å². The molecule has 1 rings (SSSR count). The van der Waals surface area contributed by atoms with Crippen molar-refractivity contribution in [3.63, 3.8) is 0 Å². The third kappa shape index (κ3) is 8.58. The first kappa shape index (κ1) is 22.0. The molecule has 0 heterocycles. The Morgan fingerprint density at radius 2 is 1.19 bits per heavy atom. The van der Waals surface area contributed by atoms with Crippen molar-refractivity contribution in [1.82, 2.24) is 0 Å². The maximum absolute atomic E-state index is 5.71. The number of nitrogens with two attached hydrogens (primary N) is 2. The van der Waals surface area contributed by atoms with Crippen LogP contribution in [0.4, 0.5) is 0 Å². The van der Waals surface area contributed by atoms with E-state index in [-0.39, 0.29) is 12.2 Å². The SMILES string of the molecule is CC.CC.Cc1c(OC(C)CN)cccc1O[C@@H](C)CN. The zero-order chi connectivity index (χ0) is 16.8. The molecule has 21 heavy (non-hydrogen) atoms. The maximum Gasteiger partial charge on any atom is 0.126 e. The molecule has 0 radical (unpaired) electrons. The first-order valence-electron chi connectivity index (χ1n) is 7.91. The Hall–Kier alpha value is -1.26. The summed E-state index contributed by atoms with van der Waals surface area (Å²) >= 11 is 0. The van der Waals surface area contributed by atoms with Gasteiger partial charge in [0.25, 0.3) is 0 Å². The van der Waals surface area contributed by atoms with E-state index in [2.05, 4.69) is 0 Å². The summed E-state index contributed by atoms with van der Waals surface area (Å²) in [5.41, 5.74) is 12.1. The lowest BCUT2D eigenvalue weighted by molar-refractivity contribution is 0.214. The summed E-state index contributed by atoms with van der Waals surface area (Å²) in [6, 6.07) is 5.74. The van der Waals surface area contributed by atoms with Crippen LogP contribution in [0.5, 0.6) is 11.5 Å². The number of hydrogen-bond acceptors (Lipinski definition) is 4. The molecule has 0 bridgehead atoms. The predicted molar refractivity (Wildman–Crippen MR) is 92.2 cm³/mol. The van der Waals surface area contributed by atoms with Gasteiger partial charge in [-0.3, -0.25) is 0 Å². The number of rotatable bonds is 6. The van der Waals surface area contributed by atoms with Gasteiger partial charge in [0.2, 0.25) is 0 Å². The van der Waals surface area contributed by atoms with Crippen LogP contribution >= 0.6 is 0 Å². The molecule has 4 N–H and O–H groups in total. The third-order valence-electron chi connectivity index (χ3n) is 2.55. The first-order chi connectivity index (χ1) is 10.1. The van der Waals surface area contributed by atoms with Crippen molar-refractivity contribution in [3.8, 4) is 11.5 Å². The minimum atomic E-state index is -0.00381. The van der Waals surface area contributed by atoms with Gasteiger partial charge in [-0.15, -0.1) is 0 Å². The molecule has 0 amide bonds. The summed E-state index contributed by atoms with van der Waals surface area (Å²) in [6.07, 6.45) is -0.00763. The van der Waals surface area contributed by atoms with Crippen LogP contribution in [0.15, 0.2) is 18.2 Å². The Balaban J connectivity index is 0. The molecule has 0 aromatic heterocycles. The van der Waals surface area contributed by atoms with Crippen LogP contribution in [0, 0.1) is 6.92 Å². The second-order valence-electron chi connectivity index (χ2n) is 4.21. The van der Waals surface area contributed by atoms with Gasteiger partial charge in [-0.25, -0.2) is 0 Å². The van der Waals surface area contributed by atoms with Gasteiger partial charge in [0.05, 0.1) is 0 Å². The van der Waals surface area contributed by atoms with Gasteiger partial charge in [0.15, 0.2) is 0 Å². The molecule has 1 unspecified atom stereocenters. The summed E-state index contributed by atoms with van der Waals surface area (Å²) in [5.74, 6) is 1.62. The standard InChI is InChI=1S/C13H22N2O2.2C2H6/c1-9(7-14)16-12-5-4-6-13(11(12)3)17-10(2)8-15;2*1-2/h4-6,9-10H,7-8,14-15H2,1-3H3;2*1-2H3/t9-,10?;;/m0../s1. The topological polar surface area (TPSA) is 70.5 Å². The van der Waals surface area contributed by atoms with Crippen molar-refractivity contribution in [3.05, 3.63) is 23.8 Å². The highest BCUT2D eigenvalue weighted by Crippen LogP contribution is 2.28. The van der Waals surface area contributed by atoms with E-state index >= 15 is 0 Å². The molecule has 0 saturated heterocycles. The zero-order valence-corrected chi connectivity index (χ0v) is 14.8. The van der Waals surface area contributed by atoms with Crippen molar-refractivity contribution >= 4 is 0 Å². The number of hydrogen-bond donors (Lipinski definition) is 2. The van der Waals surface area contributed by atoms with Crippen molar-refractivity contribution in [2.45, 2.75) is 60.7 Å². The Morgan fingerprint density at radius 3 is 1.48 bits per heavy atom. The molecule has 1 aromatic carbocycles. The zero-order valence-electron chi connectivity index (χ0n) is 14.8. The Bertz CT molecular complexity index is 326. The highest BCUT2D eigenvalue weighted by Gasteiger charge is 2.10. The van der Waals surface area contributed by atoms with E-state index in [0.717, 1.165) is 17.1 Å². The Morgan fingerprint density at radius 1 is 0.857 bits per heavy atom. The third-order valence-corrected chi connectivity index (χ3v) is 2.55. The van der Waals surface area contributed by atoms with Crippen molar-refractivity contribution in [2.24, 2.45) is 11.5 Å². The molecule has 4 nitrogen and oxygen atoms in total. The van der Waals surface area contributed by atoms with Crippen LogP contribution in [0.2, 0.25) is 0 Å². The van der Waals surface area contributed by atoms with Crippen molar-refractivity contribution in [2.75, 3.05) is 13.1 Å². The van der Waals surface area contributed by atoms with Crippen LogP contribution in [0.3, 0.4) is 0 Å². The van der Waals surface area contributed by atoms with E-state index < -0.39 is 0 Å². The lowest BCUT2D eigenvalue weighted by Gasteiger charge is -2.19. The van der Waals surface area contributed by atoms with E-state index in [1.807, 2.05) is 66.7 Å². The molecule has 0 spiro atoms. The average molecular weight is 298 g/mol. The van der Waals surface area contributed by atoms with Crippen LogP contribution in [0.25, 0.3) is 0 Å². The van der Waals surface area contributed by atoms with Gasteiger partial charge in [0, 0.05) is 18.7 Å². The van der Waals surface area contributed by atoms with Gasteiger partial charge < -0.3 is 20.9 Å². The van der Waals surface area contributed by atoms with Gasteiger partial charge in [-0.05, 0) is 32.9 Å². The van der Waals surface area contributed by atoms with Crippen LogP contribution in [-0.4, -0.2) is 25.3 Å². The fourth-order valence-corrected chi connectivity index (χ4v) is 1.38. The van der Waals surface area contributed by atoms with Crippen molar-refractivity contribution < 1.29 is 9.47 Å². The largest absolute Gasteiger partial charge is 0.489 e. The van der Waals surface area contributed by atoms with Gasteiger partial charge in [-0.2, -0.15) is 0 Å². The molecule has 0 fully saturated rings. The number of ether oxygens (including phenoxy) is 2. The summed E-state index contributed by atoms with van der Waals surface area (Å²) < 4.78 is 11.4. The summed E-state index contributed by atoms with van der Waals surface area (Å²) in [5, 5.41) is 0. The molecule has 0 aliphatic carbocycles. The Labute approximate surface area is 130 Å². The predicted octanol–water partition coefficient (Wildman–Crippen LogP) is 3.50. The molecular formula is C17H34N2O2. The first-order valence-corrected chi connectivity index (χ1v) is 7.91. The van der Waals surface area contributed by atoms with E-state index in [1.54, 1.807) is 0 Å². The van der Waals surface area contributed by atoms with Crippen LogP contribution in [0.1, 0.15) is 47.1 Å². The summed E-state index contributed by atoms with van der Waals surface area (Å²) in [4.78, 5) is 0. The maximum atomic E-state index is 5.71. The number of benzene rings is 1. The minimum Gasteiger partial charge on any atom is -0.489 e. The van der Waals surface area contributed by atoms with E-state index in [9.17, 15) is 0 Å². The molecule has 0 aliphatic rings. The lowest BCUT2D eigenvalue weighted by atomic mass is 10.2. The Kier molecular flexibility index (Phi) is 14.4. The fourth-order valence-electron chi connectivity index (χ4n) is 1.38. The molecule has 0 aliphatic heterocycles. The molecule has 4 heteroatoms. The molecular weight excluding hydrogens is 264 g/mol. The van der Waals surface area contributed by atoms with Gasteiger partial charge in [0.1, 0.15) is 23.7 Å². The van der Waals surface area contributed by atoms with Gasteiger partial charge >= 0.3 is 0 Å². The highest BCUT2D eigenvalue weighted by atomic mass is 16.5. The smallest absolute Gasteiger partial charge is 0.126 e. The molecule has 0 saturated carbocycles. The van der Waals surface area contributed by atoms with Gasteiger partial charge in [-0.1, -0.05) is 33.8 Å². The summed E-state index contributed by atoms with van der Waals surface area (Å²) in [7, 11) is 0. The molecule has 2 atom stereocenters. The van der Waals surface area contributed by atoms with E-state index in [1.165, 1.54) is 0 Å². The van der Waals surface area contributed by atoms with E-state index in [4.69, 9.17) is 20.9 Å². The quantitative estimate of drug-likeness (QED) is 0.843. The monoisotopic (exact) mass is 298 g/mol. The fraction of sp³-hybridized carbons (Fsp3) is 0.647. The minimum absolute atomic E-state index is 0.00381. The van der Waals surface area contributed by atoms with Crippen molar-refractivity contribution in [1.29, 1.82) is 0 Å². The normalized spacial score (nSPS) is 12.0. The second-order valence-corrected chi connectivity index (χ2v) is 4.21. The molecule has 124 valence electrons. The lowest BCUT2D eigenvalue weighted by Crippen LogP contribution is -2.24. The average Bonchev–Trinajstić information content (AvgIpc) is 2.54. The summed E-state index contributed by atoms with van der Waals surface area (Å²) in [6.45, 7) is 14.8.